The Kier molecular flexibility index (Phi) is 2.30. The van der Waals surface area contributed by atoms with Crippen molar-refractivity contribution < 1.29 is 0 Å². The molecule has 74 valence electrons. The number of hydrogen-bond donors (Lipinski definition) is 2. The highest BCUT2D eigenvalue weighted by atomic mass is 14.7. The first-order valence-electron chi connectivity index (χ1n) is 5.06. The maximum atomic E-state index is 6.05. The van der Waals surface area contributed by atoms with Crippen molar-refractivity contribution in [3.05, 3.63) is 35.5 Å². The average Bonchev–Trinajstić information content (AvgIpc) is 2.62. The van der Waals surface area contributed by atoms with Crippen LogP contribution in [0, 0.1) is 6.92 Å². The Morgan fingerprint density at radius 2 is 2.21 bits per heavy atom. The maximum Gasteiger partial charge on any atom is 0.0460 e. The average molecular weight is 188 g/mol. The van der Waals surface area contributed by atoms with Crippen LogP contribution in [0.4, 0.5) is 0 Å². The predicted molar refractivity (Wildman–Crippen MR) is 60.3 cm³/mol. The number of nitrogens with one attached hydrogen (secondary N) is 1. The summed E-state index contributed by atoms with van der Waals surface area (Å²) in [6.45, 7) is 4.24. The molecule has 0 fully saturated rings. The highest BCUT2D eigenvalue weighted by molar-refractivity contribution is 5.86. The molecule has 2 aromatic rings. The summed E-state index contributed by atoms with van der Waals surface area (Å²) in [5.41, 5.74) is 9.77. The van der Waals surface area contributed by atoms with Gasteiger partial charge < -0.3 is 10.7 Å². The van der Waals surface area contributed by atoms with Gasteiger partial charge in [0.15, 0.2) is 0 Å². The molecular weight excluding hydrogens is 172 g/mol. The van der Waals surface area contributed by atoms with E-state index in [1.54, 1.807) is 0 Å². The lowest BCUT2D eigenvalue weighted by molar-refractivity contribution is 0.704. The third-order valence-electron chi connectivity index (χ3n) is 2.78. The molecular formula is C12H16N2. The van der Waals surface area contributed by atoms with Gasteiger partial charge in [0.1, 0.15) is 0 Å². The lowest BCUT2D eigenvalue weighted by Gasteiger charge is -2.08. The normalized spacial score (nSPS) is 13.4. The highest BCUT2D eigenvalue weighted by Gasteiger charge is 2.10. The van der Waals surface area contributed by atoms with Crippen LogP contribution in [-0.2, 0) is 0 Å². The van der Waals surface area contributed by atoms with Gasteiger partial charge in [0.2, 0.25) is 0 Å². The summed E-state index contributed by atoms with van der Waals surface area (Å²) >= 11 is 0. The number of fused-ring (bicyclic) bond motifs is 1. The minimum atomic E-state index is 0.143. The van der Waals surface area contributed by atoms with Crippen molar-refractivity contribution in [2.45, 2.75) is 26.3 Å². The van der Waals surface area contributed by atoms with E-state index in [1.807, 2.05) is 6.20 Å². The molecule has 0 bridgehead atoms. The quantitative estimate of drug-likeness (QED) is 0.747. The van der Waals surface area contributed by atoms with Crippen molar-refractivity contribution in [2.75, 3.05) is 0 Å². The first-order valence-corrected chi connectivity index (χ1v) is 5.06. The van der Waals surface area contributed by atoms with Crippen LogP contribution in [0.1, 0.15) is 30.5 Å². The molecule has 14 heavy (non-hydrogen) atoms. The van der Waals surface area contributed by atoms with Gasteiger partial charge in [0.05, 0.1) is 0 Å². The van der Waals surface area contributed by atoms with E-state index in [2.05, 4.69) is 37.0 Å². The minimum absolute atomic E-state index is 0.143. The lowest BCUT2D eigenvalue weighted by atomic mass is 10.0. The summed E-state index contributed by atoms with van der Waals surface area (Å²) in [5.74, 6) is 0. The SMILES string of the molecule is CC[C@@H](N)c1c[nH]c2cccc(C)c12. The third kappa shape index (κ3) is 1.32. The van der Waals surface area contributed by atoms with E-state index in [4.69, 9.17) is 5.73 Å². The molecule has 0 aliphatic rings. The molecule has 1 aromatic heterocycles. The molecule has 2 nitrogen and oxygen atoms in total. The number of aryl methyl sites for hydroxylation is 1. The second-order valence-electron chi connectivity index (χ2n) is 3.76. The van der Waals surface area contributed by atoms with Crippen LogP contribution in [-0.4, -0.2) is 4.98 Å². The number of benzene rings is 1. The van der Waals surface area contributed by atoms with Crippen molar-refractivity contribution in [1.82, 2.24) is 4.98 Å². The zero-order valence-electron chi connectivity index (χ0n) is 8.67. The van der Waals surface area contributed by atoms with Crippen LogP contribution in [0.25, 0.3) is 10.9 Å². The largest absolute Gasteiger partial charge is 0.361 e. The number of hydrogen-bond acceptors (Lipinski definition) is 1. The molecule has 0 radical (unpaired) electrons. The first-order chi connectivity index (χ1) is 6.74. The van der Waals surface area contributed by atoms with Crippen LogP contribution in [0.3, 0.4) is 0 Å². The smallest absolute Gasteiger partial charge is 0.0460 e. The van der Waals surface area contributed by atoms with Gasteiger partial charge in [0.25, 0.3) is 0 Å². The van der Waals surface area contributed by atoms with E-state index in [0.29, 0.717) is 0 Å². The van der Waals surface area contributed by atoms with Gasteiger partial charge in [0, 0.05) is 23.1 Å². The molecule has 1 heterocycles. The topological polar surface area (TPSA) is 41.8 Å². The minimum Gasteiger partial charge on any atom is -0.361 e. The van der Waals surface area contributed by atoms with Gasteiger partial charge >= 0.3 is 0 Å². The van der Waals surface area contributed by atoms with E-state index >= 15 is 0 Å². The van der Waals surface area contributed by atoms with Gasteiger partial charge in [-0.15, -0.1) is 0 Å². The van der Waals surface area contributed by atoms with Crippen LogP contribution in [0.2, 0.25) is 0 Å². The van der Waals surface area contributed by atoms with Gasteiger partial charge in [-0.25, -0.2) is 0 Å². The molecule has 2 heteroatoms. The summed E-state index contributed by atoms with van der Waals surface area (Å²) in [7, 11) is 0. The van der Waals surface area contributed by atoms with Gasteiger partial charge in [-0.05, 0) is 30.5 Å². The summed E-state index contributed by atoms with van der Waals surface area (Å²) in [6.07, 6.45) is 3.01. The Labute approximate surface area is 84.1 Å². The lowest BCUT2D eigenvalue weighted by Crippen LogP contribution is -2.07. The fraction of sp³-hybridized carbons (Fsp3) is 0.333. The van der Waals surface area contributed by atoms with Crippen LogP contribution in [0.15, 0.2) is 24.4 Å². The molecule has 1 aromatic carbocycles. The Morgan fingerprint density at radius 3 is 2.93 bits per heavy atom. The Balaban J connectivity index is 2.67. The van der Waals surface area contributed by atoms with E-state index in [-0.39, 0.29) is 6.04 Å². The second kappa shape index (κ2) is 3.46. The predicted octanol–water partition coefficient (Wildman–Crippen LogP) is 2.89. The molecule has 0 spiro atoms. The molecule has 0 saturated heterocycles. The third-order valence-corrected chi connectivity index (χ3v) is 2.78. The Morgan fingerprint density at radius 1 is 1.43 bits per heavy atom. The fourth-order valence-corrected chi connectivity index (χ4v) is 1.91. The van der Waals surface area contributed by atoms with Crippen molar-refractivity contribution in [1.29, 1.82) is 0 Å². The first kappa shape index (κ1) is 9.28. The summed E-state index contributed by atoms with van der Waals surface area (Å²) in [6, 6.07) is 6.43. The van der Waals surface area contributed by atoms with Crippen LogP contribution in [0.5, 0.6) is 0 Å². The monoisotopic (exact) mass is 188 g/mol. The zero-order valence-corrected chi connectivity index (χ0v) is 8.67. The van der Waals surface area contributed by atoms with Crippen molar-refractivity contribution in [3.63, 3.8) is 0 Å². The summed E-state index contributed by atoms with van der Waals surface area (Å²) < 4.78 is 0. The molecule has 1 atom stereocenters. The van der Waals surface area contributed by atoms with Crippen molar-refractivity contribution in [3.8, 4) is 0 Å². The van der Waals surface area contributed by atoms with Crippen LogP contribution < -0.4 is 5.73 Å². The molecule has 3 N–H and O–H groups in total. The maximum absolute atomic E-state index is 6.05. The number of aromatic nitrogens is 1. The molecule has 0 unspecified atom stereocenters. The van der Waals surface area contributed by atoms with Gasteiger partial charge in [-0.3, -0.25) is 0 Å². The number of H-pyrrole nitrogens is 1. The summed E-state index contributed by atoms with van der Waals surface area (Å²) in [4.78, 5) is 3.26. The van der Waals surface area contributed by atoms with Crippen molar-refractivity contribution >= 4 is 10.9 Å². The van der Waals surface area contributed by atoms with Crippen molar-refractivity contribution in [2.24, 2.45) is 5.73 Å². The molecule has 0 aliphatic heterocycles. The van der Waals surface area contributed by atoms with Gasteiger partial charge in [-0.1, -0.05) is 19.1 Å². The van der Waals surface area contributed by atoms with Gasteiger partial charge in [-0.2, -0.15) is 0 Å². The molecule has 0 aliphatic carbocycles. The zero-order chi connectivity index (χ0) is 10.1. The molecule has 0 saturated carbocycles. The number of nitrogens with two attached hydrogens (primary N) is 1. The van der Waals surface area contributed by atoms with E-state index in [9.17, 15) is 0 Å². The number of rotatable bonds is 2. The van der Waals surface area contributed by atoms with E-state index in [0.717, 1.165) is 6.42 Å². The highest BCUT2D eigenvalue weighted by Crippen LogP contribution is 2.27. The fourth-order valence-electron chi connectivity index (χ4n) is 1.91. The van der Waals surface area contributed by atoms with E-state index < -0.39 is 0 Å². The van der Waals surface area contributed by atoms with E-state index in [1.165, 1.54) is 22.0 Å². The standard InChI is InChI=1S/C12H16N2/c1-3-10(13)9-7-14-11-6-4-5-8(2)12(9)11/h4-7,10,14H,3,13H2,1-2H3/t10-/m1/s1. The second-order valence-corrected chi connectivity index (χ2v) is 3.76. The Hall–Kier alpha value is -1.28. The summed E-state index contributed by atoms with van der Waals surface area (Å²) in [5, 5.41) is 1.29. The Bertz CT molecular complexity index is 443. The number of aromatic amines is 1. The van der Waals surface area contributed by atoms with Crippen LogP contribution >= 0.6 is 0 Å². The molecule has 2 rings (SSSR count). The molecule has 0 amide bonds.